The molecule has 5 rings (SSSR count). The Labute approximate surface area is 278 Å². The Balaban J connectivity index is 1.47. The maximum absolute atomic E-state index is 13.6. The van der Waals surface area contributed by atoms with Crippen molar-refractivity contribution in [1.82, 2.24) is 20.0 Å². The molecular weight excluding hydrogens is 660 g/mol. The van der Waals surface area contributed by atoms with Crippen molar-refractivity contribution in [2.75, 3.05) is 18.0 Å². The van der Waals surface area contributed by atoms with Crippen molar-refractivity contribution < 1.29 is 50.3 Å². The summed E-state index contributed by atoms with van der Waals surface area (Å²) < 4.78 is 92.5. The number of hydrogen-bond donors (Lipinski definition) is 1. The third kappa shape index (κ3) is 7.93. The smallest absolute Gasteiger partial charge is 0.416 e. The number of anilines is 1. The molecule has 266 valence electrons. The molecule has 3 heterocycles. The minimum atomic E-state index is -5.07. The number of carboxylic acid groups (broad SMARTS) is 1. The van der Waals surface area contributed by atoms with E-state index >= 15 is 0 Å². The molecule has 10 nitrogen and oxygen atoms in total. The number of cyclic esters (lactones) is 1. The molecule has 1 saturated carbocycles. The van der Waals surface area contributed by atoms with Crippen molar-refractivity contribution in [1.29, 1.82) is 0 Å². The molecule has 2 atom stereocenters. The maximum Gasteiger partial charge on any atom is 0.416 e. The topological polar surface area (TPSA) is 122 Å². The van der Waals surface area contributed by atoms with Crippen LogP contribution in [-0.4, -0.2) is 56.3 Å². The number of aromatic nitrogens is 3. The lowest BCUT2D eigenvalue weighted by molar-refractivity contribution is -0.143. The number of rotatable bonds is 10. The molecule has 2 fully saturated rings. The van der Waals surface area contributed by atoms with E-state index in [1.807, 2.05) is 11.8 Å². The quantitative estimate of drug-likeness (QED) is 0.210. The molecule has 1 aliphatic heterocycles. The number of amides is 1. The summed E-state index contributed by atoms with van der Waals surface area (Å²) in [6.07, 6.45) is -7.59. The van der Waals surface area contributed by atoms with Crippen molar-refractivity contribution in [2.45, 2.75) is 90.8 Å². The second-order valence-electron chi connectivity index (χ2n) is 12.8. The molecule has 49 heavy (non-hydrogen) atoms. The van der Waals surface area contributed by atoms with Gasteiger partial charge < -0.3 is 19.3 Å². The van der Waals surface area contributed by atoms with E-state index in [9.17, 15) is 41.0 Å². The lowest BCUT2D eigenvalue weighted by Gasteiger charge is -2.33. The van der Waals surface area contributed by atoms with E-state index in [-0.39, 0.29) is 30.9 Å². The zero-order chi connectivity index (χ0) is 35.8. The summed E-state index contributed by atoms with van der Waals surface area (Å²) in [6.45, 7) is 7.74. The predicted octanol–water partition coefficient (Wildman–Crippen LogP) is 7.98. The van der Waals surface area contributed by atoms with Gasteiger partial charge in [0.2, 0.25) is 0 Å². The predicted molar refractivity (Wildman–Crippen MR) is 163 cm³/mol. The van der Waals surface area contributed by atoms with Gasteiger partial charge in [-0.3, -0.25) is 9.69 Å². The van der Waals surface area contributed by atoms with Gasteiger partial charge in [-0.15, -0.1) is 0 Å². The summed E-state index contributed by atoms with van der Waals surface area (Å²) in [5, 5.41) is 13.2. The summed E-state index contributed by atoms with van der Waals surface area (Å²) >= 11 is 0. The van der Waals surface area contributed by atoms with Gasteiger partial charge in [0.25, 0.3) is 0 Å². The number of carbonyl (C=O) groups excluding carboxylic acids is 1. The third-order valence-electron chi connectivity index (χ3n) is 9.35. The summed E-state index contributed by atoms with van der Waals surface area (Å²) in [5.74, 6) is 0.476. The highest BCUT2D eigenvalue weighted by molar-refractivity contribution is 5.72. The minimum absolute atomic E-state index is 0.0305. The monoisotopic (exact) mass is 697 g/mol. The van der Waals surface area contributed by atoms with Gasteiger partial charge in [-0.05, 0) is 89.0 Å². The van der Waals surface area contributed by atoms with Gasteiger partial charge in [-0.2, -0.15) is 26.3 Å². The standard InChI is InChI=1S/C33H37F6N5O5/c1-5-43(15-21-8-6-20(7-9-21)10-27(45)46)30-26(41-25(14-40-30)28-17(2)42-49-19(28)4)16-44-18(3)29(48-31(44)47)22-11-23(32(34,35)36)13-24(12-22)33(37,38)39/h11-14,18,20-21,29H,5-10,15-16H2,1-4H3,(H,45,46)/t18-,20-,21-,29?/m0/s1. The molecule has 2 aliphatic rings. The molecular formula is C33H37F6N5O5. The number of aliphatic carboxylic acids is 1. The fourth-order valence-corrected chi connectivity index (χ4v) is 6.77. The Hall–Kier alpha value is -4.37. The molecule has 16 heteroatoms. The van der Waals surface area contributed by atoms with E-state index in [0.29, 0.717) is 59.4 Å². The lowest BCUT2D eigenvalue weighted by atomic mass is 9.80. The number of aryl methyl sites for hydroxylation is 2. The van der Waals surface area contributed by atoms with Crippen LogP contribution in [-0.2, 0) is 28.4 Å². The van der Waals surface area contributed by atoms with Gasteiger partial charge in [-0.1, -0.05) is 5.16 Å². The Morgan fingerprint density at radius 1 is 1.02 bits per heavy atom. The van der Waals surface area contributed by atoms with Crippen LogP contribution >= 0.6 is 0 Å². The van der Waals surface area contributed by atoms with Crippen LogP contribution in [0.1, 0.15) is 85.9 Å². The number of carboxylic acids is 1. The van der Waals surface area contributed by atoms with Gasteiger partial charge in [0, 0.05) is 19.5 Å². The van der Waals surface area contributed by atoms with Gasteiger partial charge in [0.05, 0.1) is 46.9 Å². The van der Waals surface area contributed by atoms with E-state index in [1.54, 1.807) is 20.0 Å². The molecule has 1 N–H and O–H groups in total. The lowest BCUT2D eigenvalue weighted by Crippen LogP contribution is -2.36. The fraction of sp³-hybridized carbons (Fsp3) is 0.545. The van der Waals surface area contributed by atoms with E-state index < -0.39 is 53.3 Å². The first-order valence-corrected chi connectivity index (χ1v) is 16.0. The van der Waals surface area contributed by atoms with Crippen LogP contribution in [0.25, 0.3) is 11.3 Å². The number of alkyl halides is 6. The van der Waals surface area contributed by atoms with Crippen LogP contribution < -0.4 is 4.90 Å². The molecule has 1 aliphatic carbocycles. The van der Waals surface area contributed by atoms with Gasteiger partial charge in [0.1, 0.15) is 17.6 Å². The second kappa shape index (κ2) is 13.9. The number of carbonyl (C=O) groups is 2. The highest BCUT2D eigenvalue weighted by Gasteiger charge is 2.44. The van der Waals surface area contributed by atoms with Crippen molar-refractivity contribution in [3.05, 3.63) is 58.2 Å². The van der Waals surface area contributed by atoms with Crippen LogP contribution in [0.5, 0.6) is 0 Å². The van der Waals surface area contributed by atoms with Crippen molar-refractivity contribution >= 4 is 17.9 Å². The van der Waals surface area contributed by atoms with E-state index in [1.165, 1.54) is 11.8 Å². The number of benzene rings is 1. The SMILES string of the molecule is CCN(C[C@H]1CC[C@H](CC(=O)O)CC1)c1ncc(-c2c(C)noc2C)nc1CN1C(=O)OC(c2cc(C(F)(F)F)cc(C(F)(F)F)c2)[C@@H]1C. The summed E-state index contributed by atoms with van der Waals surface area (Å²) in [6, 6.07) is 0.193. The number of ether oxygens (including phenoxy) is 1. The average Bonchev–Trinajstić information content (AvgIpc) is 3.51. The molecule has 1 unspecified atom stereocenters. The normalized spacial score (nSPS) is 21.6. The fourth-order valence-electron chi connectivity index (χ4n) is 6.77. The Morgan fingerprint density at radius 3 is 2.16 bits per heavy atom. The highest BCUT2D eigenvalue weighted by Crippen LogP contribution is 2.42. The molecule has 0 radical (unpaired) electrons. The van der Waals surface area contributed by atoms with E-state index in [4.69, 9.17) is 19.2 Å². The van der Waals surface area contributed by atoms with Crippen molar-refractivity contribution in [3.8, 4) is 11.3 Å². The molecule has 1 aromatic carbocycles. The summed E-state index contributed by atoms with van der Waals surface area (Å²) in [5.41, 5.74) is -1.55. The molecule has 1 saturated heterocycles. The van der Waals surface area contributed by atoms with Crippen molar-refractivity contribution in [3.63, 3.8) is 0 Å². The first-order chi connectivity index (χ1) is 23.0. The Kier molecular flexibility index (Phi) is 10.2. The molecule has 3 aromatic rings. The zero-order valence-corrected chi connectivity index (χ0v) is 27.4. The van der Waals surface area contributed by atoms with E-state index in [0.717, 1.165) is 25.7 Å². The average molecular weight is 698 g/mol. The molecule has 1 amide bonds. The van der Waals surface area contributed by atoms with Crippen LogP contribution in [0.15, 0.2) is 28.9 Å². The van der Waals surface area contributed by atoms with Crippen LogP contribution in [0, 0.1) is 25.7 Å². The molecule has 2 aromatic heterocycles. The third-order valence-corrected chi connectivity index (χ3v) is 9.35. The van der Waals surface area contributed by atoms with E-state index in [2.05, 4.69) is 5.16 Å². The first-order valence-electron chi connectivity index (χ1n) is 16.0. The largest absolute Gasteiger partial charge is 0.481 e. The maximum atomic E-state index is 13.6. The van der Waals surface area contributed by atoms with Crippen LogP contribution in [0.4, 0.5) is 37.0 Å². The minimum Gasteiger partial charge on any atom is -0.481 e. The number of halogens is 6. The number of hydrogen-bond acceptors (Lipinski definition) is 8. The molecule has 0 bridgehead atoms. The first kappa shape index (κ1) is 35.9. The van der Waals surface area contributed by atoms with Gasteiger partial charge in [0.15, 0.2) is 5.82 Å². The summed E-state index contributed by atoms with van der Waals surface area (Å²) in [4.78, 5) is 37.3. The van der Waals surface area contributed by atoms with Gasteiger partial charge >= 0.3 is 24.4 Å². The van der Waals surface area contributed by atoms with Crippen LogP contribution in [0.3, 0.4) is 0 Å². The second-order valence-corrected chi connectivity index (χ2v) is 12.8. The Bertz CT molecular complexity index is 1630. The Morgan fingerprint density at radius 2 is 1.63 bits per heavy atom. The van der Waals surface area contributed by atoms with Crippen molar-refractivity contribution in [2.24, 2.45) is 11.8 Å². The zero-order valence-electron chi connectivity index (χ0n) is 27.4. The highest BCUT2D eigenvalue weighted by atomic mass is 19.4. The summed E-state index contributed by atoms with van der Waals surface area (Å²) in [7, 11) is 0. The van der Waals surface area contributed by atoms with Crippen LogP contribution in [0.2, 0.25) is 0 Å². The van der Waals surface area contributed by atoms with Gasteiger partial charge in [-0.25, -0.2) is 14.8 Å². The molecule has 0 spiro atoms. The number of nitrogens with zero attached hydrogens (tertiary/aromatic N) is 5.